The summed E-state index contributed by atoms with van der Waals surface area (Å²) in [6, 6.07) is 12.4. The van der Waals surface area contributed by atoms with E-state index in [1.165, 1.54) is 12.1 Å². The van der Waals surface area contributed by atoms with Crippen LogP contribution in [0, 0.1) is 0 Å². The number of amides is 1. The number of carbonyl (C=O) groups excluding carboxylic acids is 1. The molecule has 2 aromatic rings. The Morgan fingerprint density at radius 1 is 1.03 bits per heavy atom. The first-order valence-electron chi connectivity index (χ1n) is 9.55. The van der Waals surface area contributed by atoms with Crippen molar-refractivity contribution in [3.8, 4) is 0 Å². The van der Waals surface area contributed by atoms with Crippen molar-refractivity contribution in [1.82, 2.24) is 0 Å². The van der Waals surface area contributed by atoms with Crippen LogP contribution >= 0.6 is 0 Å². The Hall–Kier alpha value is -3.13. The van der Waals surface area contributed by atoms with Crippen LogP contribution in [0.3, 0.4) is 0 Å². The summed E-state index contributed by atoms with van der Waals surface area (Å²) in [5.41, 5.74) is 1.96. The van der Waals surface area contributed by atoms with Gasteiger partial charge in [0.15, 0.2) is 0 Å². The van der Waals surface area contributed by atoms with Gasteiger partial charge >= 0.3 is 6.18 Å². The second-order valence-electron chi connectivity index (χ2n) is 7.10. The van der Waals surface area contributed by atoms with Crippen molar-refractivity contribution in [2.24, 2.45) is 5.10 Å². The summed E-state index contributed by atoms with van der Waals surface area (Å²) >= 11 is 0. The van der Waals surface area contributed by atoms with Gasteiger partial charge in [0, 0.05) is 18.8 Å². The summed E-state index contributed by atoms with van der Waals surface area (Å²) in [5.74, 6) is -0.455. The first kappa shape index (κ1) is 20.2. The van der Waals surface area contributed by atoms with E-state index in [0.29, 0.717) is 24.5 Å². The lowest BCUT2D eigenvalue weighted by atomic mass is 10.1. The molecular formula is C22H20F3N3O2. The van der Waals surface area contributed by atoms with Crippen LogP contribution in [0.15, 0.2) is 59.2 Å². The van der Waals surface area contributed by atoms with E-state index in [1.807, 2.05) is 24.3 Å². The van der Waals surface area contributed by atoms with Gasteiger partial charge < -0.3 is 9.64 Å². The van der Waals surface area contributed by atoms with Crippen LogP contribution in [0.25, 0.3) is 6.08 Å². The number of morpholine rings is 1. The molecule has 0 aliphatic carbocycles. The molecule has 0 N–H and O–H groups in total. The van der Waals surface area contributed by atoms with E-state index in [-0.39, 0.29) is 5.69 Å². The van der Waals surface area contributed by atoms with E-state index in [0.717, 1.165) is 41.5 Å². The fraction of sp³-hybridized carbons (Fsp3) is 0.273. The van der Waals surface area contributed by atoms with E-state index in [2.05, 4.69) is 10.0 Å². The zero-order valence-corrected chi connectivity index (χ0v) is 16.3. The largest absolute Gasteiger partial charge is 0.416 e. The van der Waals surface area contributed by atoms with Crippen molar-refractivity contribution >= 4 is 29.1 Å². The van der Waals surface area contributed by atoms with Crippen molar-refractivity contribution in [2.45, 2.75) is 13.1 Å². The molecular weight excluding hydrogens is 395 g/mol. The number of hydrogen-bond donors (Lipinski definition) is 0. The molecule has 0 aromatic heterocycles. The van der Waals surface area contributed by atoms with Gasteiger partial charge in [0.1, 0.15) is 0 Å². The minimum Gasteiger partial charge on any atom is -0.378 e. The Morgan fingerprint density at radius 3 is 2.40 bits per heavy atom. The fourth-order valence-electron chi connectivity index (χ4n) is 3.44. The molecule has 1 fully saturated rings. The van der Waals surface area contributed by atoms with Gasteiger partial charge in [-0.15, -0.1) is 0 Å². The molecule has 1 amide bonds. The molecule has 2 aliphatic rings. The Balaban J connectivity index is 1.55. The maximum atomic E-state index is 13.0. The maximum absolute atomic E-state index is 13.0. The molecule has 0 radical (unpaired) electrons. The first-order chi connectivity index (χ1) is 14.3. The number of rotatable bonds is 3. The monoisotopic (exact) mass is 415 g/mol. The molecule has 156 valence electrons. The topological polar surface area (TPSA) is 45.1 Å². The van der Waals surface area contributed by atoms with Crippen LogP contribution in [0.2, 0.25) is 0 Å². The molecule has 1 saturated heterocycles. The molecule has 4 rings (SSSR count). The quantitative estimate of drug-likeness (QED) is 0.701. The number of halogens is 3. The van der Waals surface area contributed by atoms with E-state index in [9.17, 15) is 18.0 Å². The van der Waals surface area contributed by atoms with Gasteiger partial charge in [-0.2, -0.15) is 23.3 Å². The number of benzene rings is 2. The van der Waals surface area contributed by atoms with Gasteiger partial charge in [0.25, 0.3) is 5.91 Å². The van der Waals surface area contributed by atoms with Crippen LogP contribution in [0.4, 0.5) is 24.5 Å². The van der Waals surface area contributed by atoms with E-state index in [1.54, 1.807) is 13.0 Å². The number of hydrogen-bond acceptors (Lipinski definition) is 4. The molecule has 0 saturated carbocycles. The summed E-state index contributed by atoms with van der Waals surface area (Å²) in [4.78, 5) is 15.1. The Morgan fingerprint density at radius 2 is 1.73 bits per heavy atom. The highest BCUT2D eigenvalue weighted by Crippen LogP contribution is 2.33. The normalized spacial score (nSPS) is 18.9. The van der Waals surface area contributed by atoms with Crippen LogP contribution < -0.4 is 9.91 Å². The highest BCUT2D eigenvalue weighted by molar-refractivity contribution is 6.32. The van der Waals surface area contributed by atoms with Gasteiger partial charge in [0.2, 0.25) is 0 Å². The Kier molecular flexibility index (Phi) is 5.34. The van der Waals surface area contributed by atoms with Gasteiger partial charge in [-0.25, -0.2) is 0 Å². The standard InChI is InChI=1S/C22H20F3N3O2/c1-15-20(13-16-5-7-18(8-6-16)27-9-11-30-12-10-27)21(29)28(26-15)19-4-2-3-17(14-19)22(23,24)25/h2-8,13-14H,9-12H2,1H3. The number of ether oxygens (including phenoxy) is 1. The summed E-state index contributed by atoms with van der Waals surface area (Å²) in [6.45, 7) is 4.72. The lowest BCUT2D eigenvalue weighted by Gasteiger charge is -2.28. The lowest BCUT2D eigenvalue weighted by Crippen LogP contribution is -2.36. The van der Waals surface area contributed by atoms with Gasteiger partial charge in [-0.05, 0) is 48.9 Å². The van der Waals surface area contributed by atoms with Crippen LogP contribution in [-0.4, -0.2) is 37.9 Å². The van der Waals surface area contributed by atoms with Gasteiger partial charge in [-0.3, -0.25) is 4.79 Å². The molecule has 2 aromatic carbocycles. The molecule has 0 bridgehead atoms. The second-order valence-corrected chi connectivity index (χ2v) is 7.10. The van der Waals surface area contributed by atoms with Crippen LogP contribution in [0.1, 0.15) is 18.1 Å². The minimum atomic E-state index is -4.49. The lowest BCUT2D eigenvalue weighted by molar-refractivity contribution is -0.137. The molecule has 0 atom stereocenters. The molecule has 30 heavy (non-hydrogen) atoms. The molecule has 5 nitrogen and oxygen atoms in total. The third-order valence-electron chi connectivity index (χ3n) is 5.06. The van der Waals surface area contributed by atoms with E-state index < -0.39 is 17.6 Å². The highest BCUT2D eigenvalue weighted by Gasteiger charge is 2.33. The summed E-state index contributed by atoms with van der Waals surface area (Å²) < 4.78 is 44.4. The van der Waals surface area contributed by atoms with Crippen molar-refractivity contribution in [1.29, 1.82) is 0 Å². The summed E-state index contributed by atoms with van der Waals surface area (Å²) in [6.07, 6.45) is -2.78. The number of alkyl halides is 3. The smallest absolute Gasteiger partial charge is 0.378 e. The van der Waals surface area contributed by atoms with Gasteiger partial charge in [0.05, 0.1) is 35.7 Å². The van der Waals surface area contributed by atoms with Crippen molar-refractivity contribution in [2.75, 3.05) is 36.2 Å². The third-order valence-corrected chi connectivity index (χ3v) is 5.06. The SMILES string of the molecule is CC1=NN(c2cccc(C(F)(F)F)c2)C(=O)C1=Cc1ccc(N2CCOCC2)cc1. The summed E-state index contributed by atoms with van der Waals surface area (Å²) in [7, 11) is 0. The van der Waals surface area contributed by atoms with Crippen LogP contribution in [-0.2, 0) is 15.7 Å². The van der Waals surface area contributed by atoms with Gasteiger partial charge in [-0.1, -0.05) is 18.2 Å². The first-order valence-corrected chi connectivity index (χ1v) is 9.55. The number of anilines is 2. The molecule has 2 heterocycles. The zero-order chi connectivity index (χ0) is 21.3. The zero-order valence-electron chi connectivity index (χ0n) is 16.3. The predicted octanol–water partition coefficient (Wildman–Crippen LogP) is 4.35. The van der Waals surface area contributed by atoms with Crippen molar-refractivity contribution in [3.05, 3.63) is 65.2 Å². The number of carbonyl (C=O) groups is 1. The average Bonchev–Trinajstić information content (AvgIpc) is 3.03. The molecule has 0 spiro atoms. The summed E-state index contributed by atoms with van der Waals surface area (Å²) in [5, 5.41) is 5.19. The number of nitrogens with zero attached hydrogens (tertiary/aromatic N) is 3. The fourth-order valence-corrected chi connectivity index (χ4v) is 3.44. The van der Waals surface area contributed by atoms with Crippen LogP contribution in [0.5, 0.6) is 0 Å². The molecule has 8 heteroatoms. The number of hydrazone groups is 1. The minimum absolute atomic E-state index is 0.0836. The highest BCUT2D eigenvalue weighted by atomic mass is 19.4. The predicted molar refractivity (Wildman–Crippen MR) is 109 cm³/mol. The average molecular weight is 415 g/mol. The molecule has 0 unspecified atom stereocenters. The Labute approximate surface area is 172 Å². The molecule has 2 aliphatic heterocycles. The van der Waals surface area contributed by atoms with Crippen molar-refractivity contribution in [3.63, 3.8) is 0 Å². The van der Waals surface area contributed by atoms with E-state index >= 15 is 0 Å². The van der Waals surface area contributed by atoms with Crippen molar-refractivity contribution < 1.29 is 22.7 Å². The Bertz CT molecular complexity index is 1010. The third kappa shape index (κ3) is 4.09. The maximum Gasteiger partial charge on any atom is 0.416 e. The van der Waals surface area contributed by atoms with E-state index in [4.69, 9.17) is 4.74 Å². The second kappa shape index (κ2) is 7.95.